The van der Waals surface area contributed by atoms with Gasteiger partial charge in [-0.3, -0.25) is 4.79 Å². The van der Waals surface area contributed by atoms with Crippen molar-refractivity contribution in [3.05, 3.63) is 35.4 Å². The molecule has 110 valence electrons. The second-order valence-corrected chi connectivity index (χ2v) is 4.92. The largest absolute Gasteiger partial charge is 0.480 e. The highest BCUT2D eigenvalue weighted by molar-refractivity contribution is 5.83. The third-order valence-corrected chi connectivity index (χ3v) is 3.28. The summed E-state index contributed by atoms with van der Waals surface area (Å²) in [5, 5.41) is 11.6. The van der Waals surface area contributed by atoms with Crippen molar-refractivity contribution in [1.82, 2.24) is 5.32 Å². The van der Waals surface area contributed by atoms with E-state index in [9.17, 15) is 9.59 Å². The van der Waals surface area contributed by atoms with Crippen LogP contribution in [-0.4, -0.2) is 23.0 Å². The fourth-order valence-corrected chi connectivity index (χ4v) is 2.01. The summed E-state index contributed by atoms with van der Waals surface area (Å²) in [6, 6.07) is 7.39. The molecule has 0 saturated heterocycles. The number of rotatable bonds is 8. The molecule has 0 aliphatic rings. The maximum absolute atomic E-state index is 11.8. The summed E-state index contributed by atoms with van der Waals surface area (Å²) in [7, 11) is 0. The Morgan fingerprint density at radius 1 is 1.15 bits per heavy atom. The Labute approximate surface area is 120 Å². The van der Waals surface area contributed by atoms with Gasteiger partial charge in [-0.05, 0) is 30.4 Å². The van der Waals surface area contributed by atoms with Crippen LogP contribution in [0.15, 0.2) is 24.3 Å². The van der Waals surface area contributed by atoms with Crippen LogP contribution in [0.4, 0.5) is 0 Å². The predicted octanol–water partition coefficient (Wildman–Crippen LogP) is 2.55. The number of carbonyl (C=O) groups excluding carboxylic acids is 1. The molecule has 0 spiro atoms. The molecule has 0 bridgehead atoms. The van der Waals surface area contributed by atoms with Gasteiger partial charge in [0.2, 0.25) is 5.91 Å². The predicted molar refractivity (Wildman–Crippen MR) is 78.6 cm³/mol. The third-order valence-electron chi connectivity index (χ3n) is 3.28. The molecule has 4 heteroatoms. The summed E-state index contributed by atoms with van der Waals surface area (Å²) in [6.45, 7) is 4.00. The van der Waals surface area contributed by atoms with Crippen molar-refractivity contribution in [3.63, 3.8) is 0 Å². The minimum absolute atomic E-state index is 0.203. The number of benzene rings is 1. The number of aliphatic carboxylic acids is 1. The number of hydrogen-bond donors (Lipinski definition) is 2. The Bertz CT molecular complexity index is 440. The fourth-order valence-electron chi connectivity index (χ4n) is 2.01. The van der Waals surface area contributed by atoms with E-state index in [1.54, 1.807) is 0 Å². The van der Waals surface area contributed by atoms with Crippen molar-refractivity contribution in [2.75, 3.05) is 0 Å². The van der Waals surface area contributed by atoms with Gasteiger partial charge in [0.25, 0.3) is 0 Å². The summed E-state index contributed by atoms with van der Waals surface area (Å²) >= 11 is 0. The van der Waals surface area contributed by atoms with Crippen LogP contribution in [-0.2, 0) is 22.4 Å². The number of nitrogens with one attached hydrogen (secondary N) is 1. The van der Waals surface area contributed by atoms with Crippen LogP contribution in [0.25, 0.3) is 0 Å². The highest BCUT2D eigenvalue weighted by Gasteiger charge is 2.18. The Balaban J connectivity index is 2.43. The number of hydrogen-bond acceptors (Lipinski definition) is 2. The second kappa shape index (κ2) is 8.35. The lowest BCUT2D eigenvalue weighted by atomic mass is 10.1. The van der Waals surface area contributed by atoms with Crippen molar-refractivity contribution in [2.45, 2.75) is 52.0 Å². The van der Waals surface area contributed by atoms with E-state index in [-0.39, 0.29) is 5.91 Å². The van der Waals surface area contributed by atoms with Crippen LogP contribution < -0.4 is 5.32 Å². The highest BCUT2D eigenvalue weighted by Crippen LogP contribution is 2.07. The quantitative estimate of drug-likeness (QED) is 0.767. The lowest BCUT2D eigenvalue weighted by Gasteiger charge is -2.13. The van der Waals surface area contributed by atoms with Gasteiger partial charge in [-0.2, -0.15) is 0 Å². The summed E-state index contributed by atoms with van der Waals surface area (Å²) in [5.74, 6) is -1.17. The smallest absolute Gasteiger partial charge is 0.326 e. The highest BCUT2D eigenvalue weighted by atomic mass is 16.4. The Morgan fingerprint density at radius 3 is 2.25 bits per heavy atom. The number of aryl methyl sites for hydroxylation is 2. The molecule has 0 heterocycles. The number of carboxylic acid groups (broad SMARTS) is 1. The lowest BCUT2D eigenvalue weighted by molar-refractivity contribution is -0.142. The normalized spacial score (nSPS) is 11.9. The molecular formula is C16H23NO3. The Morgan fingerprint density at radius 2 is 1.75 bits per heavy atom. The first kappa shape index (κ1) is 16.2. The first-order chi connectivity index (χ1) is 9.56. The maximum atomic E-state index is 11.8. The van der Waals surface area contributed by atoms with Gasteiger partial charge in [0.15, 0.2) is 0 Å². The molecule has 0 fully saturated rings. The van der Waals surface area contributed by atoms with Gasteiger partial charge in [-0.1, -0.05) is 44.5 Å². The van der Waals surface area contributed by atoms with E-state index in [2.05, 4.69) is 24.4 Å². The summed E-state index contributed by atoms with van der Waals surface area (Å²) in [5.41, 5.74) is 2.37. The number of amides is 1. The molecule has 0 aromatic heterocycles. The average Bonchev–Trinajstić information content (AvgIpc) is 2.45. The van der Waals surface area contributed by atoms with Crippen LogP contribution in [0, 0.1) is 0 Å². The van der Waals surface area contributed by atoms with E-state index >= 15 is 0 Å². The molecule has 2 N–H and O–H groups in total. The topological polar surface area (TPSA) is 66.4 Å². The molecule has 0 unspecified atom stereocenters. The summed E-state index contributed by atoms with van der Waals surface area (Å²) < 4.78 is 0. The van der Waals surface area contributed by atoms with Crippen LogP contribution in [0.2, 0.25) is 0 Å². The van der Waals surface area contributed by atoms with Crippen molar-refractivity contribution < 1.29 is 14.7 Å². The van der Waals surface area contributed by atoms with Gasteiger partial charge in [-0.25, -0.2) is 4.79 Å². The molecule has 1 atom stereocenters. The van der Waals surface area contributed by atoms with Gasteiger partial charge in [-0.15, -0.1) is 0 Å². The van der Waals surface area contributed by atoms with Crippen molar-refractivity contribution in [1.29, 1.82) is 0 Å². The molecule has 0 aliphatic carbocycles. The first-order valence-electron chi connectivity index (χ1n) is 7.16. The minimum Gasteiger partial charge on any atom is -0.480 e. The molecule has 1 amide bonds. The van der Waals surface area contributed by atoms with E-state index < -0.39 is 12.0 Å². The van der Waals surface area contributed by atoms with Gasteiger partial charge >= 0.3 is 5.97 Å². The van der Waals surface area contributed by atoms with Crippen molar-refractivity contribution in [2.24, 2.45) is 0 Å². The van der Waals surface area contributed by atoms with Crippen LogP contribution in [0.3, 0.4) is 0 Å². The van der Waals surface area contributed by atoms with E-state index in [0.717, 1.165) is 18.4 Å². The molecule has 1 aromatic carbocycles. The molecule has 1 aromatic rings. The lowest BCUT2D eigenvalue weighted by Crippen LogP contribution is -2.40. The molecule has 0 radical (unpaired) electrons. The van der Waals surface area contributed by atoms with Gasteiger partial charge in [0, 0.05) is 6.42 Å². The Hall–Kier alpha value is -1.84. The van der Waals surface area contributed by atoms with Crippen molar-refractivity contribution >= 4 is 11.9 Å². The van der Waals surface area contributed by atoms with Crippen LogP contribution in [0.1, 0.15) is 44.2 Å². The van der Waals surface area contributed by atoms with E-state index in [1.807, 2.05) is 19.1 Å². The molecule has 0 aliphatic heterocycles. The zero-order chi connectivity index (χ0) is 15.0. The zero-order valence-electron chi connectivity index (χ0n) is 12.2. The minimum atomic E-state index is -0.965. The van der Waals surface area contributed by atoms with E-state index in [4.69, 9.17) is 5.11 Å². The van der Waals surface area contributed by atoms with Crippen LogP contribution >= 0.6 is 0 Å². The van der Waals surface area contributed by atoms with Crippen molar-refractivity contribution in [3.8, 4) is 0 Å². The third kappa shape index (κ3) is 5.43. The molecule has 4 nitrogen and oxygen atoms in total. The molecule has 20 heavy (non-hydrogen) atoms. The molecular weight excluding hydrogens is 254 g/mol. The van der Waals surface area contributed by atoms with Gasteiger partial charge in [0.1, 0.15) is 6.04 Å². The fraction of sp³-hybridized carbons (Fsp3) is 0.500. The number of carboxylic acids is 1. The SMILES string of the molecule is CCC[C@@H](NC(=O)CCc1ccc(CC)cc1)C(=O)O. The second-order valence-electron chi connectivity index (χ2n) is 4.92. The Kier molecular flexibility index (Phi) is 6.77. The average molecular weight is 277 g/mol. The monoisotopic (exact) mass is 277 g/mol. The molecule has 1 rings (SSSR count). The van der Waals surface area contributed by atoms with E-state index in [0.29, 0.717) is 19.3 Å². The summed E-state index contributed by atoms with van der Waals surface area (Å²) in [4.78, 5) is 22.7. The first-order valence-corrected chi connectivity index (χ1v) is 7.16. The van der Waals surface area contributed by atoms with E-state index in [1.165, 1.54) is 5.56 Å². The number of carbonyl (C=O) groups is 2. The maximum Gasteiger partial charge on any atom is 0.326 e. The molecule has 0 saturated carbocycles. The van der Waals surface area contributed by atoms with Crippen LogP contribution in [0.5, 0.6) is 0 Å². The zero-order valence-corrected chi connectivity index (χ0v) is 12.2. The van der Waals surface area contributed by atoms with Gasteiger partial charge < -0.3 is 10.4 Å². The summed E-state index contributed by atoms with van der Waals surface area (Å²) in [6.07, 6.45) is 3.15. The standard InChI is InChI=1S/C16H23NO3/c1-3-5-14(16(19)20)17-15(18)11-10-13-8-6-12(4-2)7-9-13/h6-9,14H,3-5,10-11H2,1-2H3,(H,17,18)(H,19,20)/t14-/m1/s1. The van der Waals surface area contributed by atoms with Gasteiger partial charge in [0.05, 0.1) is 0 Å².